The van der Waals surface area contributed by atoms with Gasteiger partial charge in [0.05, 0.1) is 24.8 Å². The highest BCUT2D eigenvalue weighted by atomic mass is 35.5. The summed E-state index contributed by atoms with van der Waals surface area (Å²) in [5, 5.41) is 3.32. The molecule has 0 fully saturated rings. The first-order valence-electron chi connectivity index (χ1n) is 10.7. The van der Waals surface area contributed by atoms with Crippen LogP contribution >= 0.6 is 11.6 Å². The van der Waals surface area contributed by atoms with Gasteiger partial charge in [0.1, 0.15) is 5.75 Å². The van der Waals surface area contributed by atoms with Crippen molar-refractivity contribution in [2.24, 2.45) is 4.99 Å². The molecule has 1 N–H and O–H groups in total. The van der Waals surface area contributed by atoms with Gasteiger partial charge in [-0.05, 0) is 68.3 Å². The Bertz CT molecular complexity index is 1260. The van der Waals surface area contributed by atoms with Gasteiger partial charge in [0.15, 0.2) is 5.78 Å². The zero-order valence-corrected chi connectivity index (χ0v) is 19.6. The van der Waals surface area contributed by atoms with E-state index in [1.807, 2.05) is 18.2 Å². The van der Waals surface area contributed by atoms with Gasteiger partial charge in [0.2, 0.25) is 0 Å². The van der Waals surface area contributed by atoms with E-state index >= 15 is 0 Å². The summed E-state index contributed by atoms with van der Waals surface area (Å²) in [4.78, 5) is 30.6. The molecule has 0 radical (unpaired) electrons. The van der Waals surface area contributed by atoms with Gasteiger partial charge in [-0.15, -0.1) is 0 Å². The highest BCUT2D eigenvalue weighted by molar-refractivity contribution is 6.31. The van der Waals surface area contributed by atoms with Crippen LogP contribution in [0.25, 0.3) is 0 Å². The molecule has 0 aromatic heterocycles. The summed E-state index contributed by atoms with van der Waals surface area (Å²) < 4.78 is 5.38. The van der Waals surface area contributed by atoms with Gasteiger partial charge in [-0.25, -0.2) is 0 Å². The number of Topliss-reactive ketones (excluding diaryl/α,β-unsaturated/α-hetero) is 1. The number of nitrogens with one attached hydrogen (secondary N) is 1. The second kappa shape index (κ2) is 9.20. The molecule has 5 nitrogen and oxygen atoms in total. The lowest BCUT2D eigenvalue weighted by Crippen LogP contribution is -2.30. The molecule has 168 valence electrons. The Hall–Kier alpha value is -3.44. The van der Waals surface area contributed by atoms with Gasteiger partial charge in [0, 0.05) is 27.4 Å². The summed E-state index contributed by atoms with van der Waals surface area (Å²) in [5.74, 6) is 0.375. The molecule has 4 rings (SSSR count). The van der Waals surface area contributed by atoms with E-state index in [-0.39, 0.29) is 23.7 Å². The van der Waals surface area contributed by atoms with Gasteiger partial charge >= 0.3 is 0 Å². The van der Waals surface area contributed by atoms with Gasteiger partial charge in [0.25, 0.3) is 5.91 Å². The number of ether oxygens (including phenoxy) is 1. The summed E-state index contributed by atoms with van der Waals surface area (Å²) in [6, 6.07) is 19.6. The fourth-order valence-electron chi connectivity index (χ4n) is 4.03. The average molecular weight is 461 g/mol. The van der Waals surface area contributed by atoms with Crippen molar-refractivity contribution in [3.63, 3.8) is 0 Å². The second-order valence-corrected chi connectivity index (χ2v) is 9.15. The minimum atomic E-state index is -0.290. The monoisotopic (exact) mass is 460 g/mol. The Morgan fingerprint density at radius 3 is 2.55 bits per heavy atom. The summed E-state index contributed by atoms with van der Waals surface area (Å²) in [6.07, 6.45) is 0.963. The molecule has 0 saturated heterocycles. The van der Waals surface area contributed by atoms with Crippen molar-refractivity contribution >= 4 is 34.7 Å². The molecule has 0 spiro atoms. The highest BCUT2D eigenvalue weighted by Gasteiger charge is 2.28. The number of ketones is 1. The van der Waals surface area contributed by atoms with E-state index in [1.54, 1.807) is 55.6 Å². The number of amides is 1. The van der Waals surface area contributed by atoms with Gasteiger partial charge in [-0.1, -0.05) is 35.9 Å². The summed E-state index contributed by atoms with van der Waals surface area (Å²) >= 11 is 5.98. The third kappa shape index (κ3) is 5.32. The van der Waals surface area contributed by atoms with Crippen LogP contribution in [0.3, 0.4) is 0 Å². The van der Waals surface area contributed by atoms with Crippen LogP contribution in [0.15, 0.2) is 71.7 Å². The van der Waals surface area contributed by atoms with Crippen molar-refractivity contribution in [2.75, 3.05) is 12.4 Å². The molecule has 1 aliphatic heterocycles. The molecular formula is C27H25ClN2O3. The lowest BCUT2D eigenvalue weighted by Gasteiger charge is -2.29. The first-order chi connectivity index (χ1) is 15.7. The van der Waals surface area contributed by atoms with Crippen molar-refractivity contribution < 1.29 is 14.3 Å². The van der Waals surface area contributed by atoms with E-state index in [0.29, 0.717) is 21.8 Å². The van der Waals surface area contributed by atoms with Crippen molar-refractivity contribution in [2.45, 2.75) is 32.2 Å². The Morgan fingerprint density at radius 1 is 1.03 bits per heavy atom. The number of hydrogen-bond acceptors (Lipinski definition) is 4. The van der Waals surface area contributed by atoms with Crippen LogP contribution in [-0.2, 0) is 6.42 Å². The van der Waals surface area contributed by atoms with Crippen molar-refractivity contribution in [3.05, 3.63) is 94.0 Å². The number of nitrogens with zero attached hydrogens (tertiary/aromatic N) is 1. The molecule has 1 amide bonds. The molecule has 1 heterocycles. The maximum absolute atomic E-state index is 13.2. The van der Waals surface area contributed by atoms with Gasteiger partial charge < -0.3 is 10.1 Å². The number of methoxy groups -OCH3 is 1. The fourth-order valence-corrected chi connectivity index (χ4v) is 4.22. The van der Waals surface area contributed by atoms with Crippen molar-refractivity contribution in [1.29, 1.82) is 0 Å². The van der Waals surface area contributed by atoms with Crippen LogP contribution in [0.2, 0.25) is 5.02 Å². The van der Waals surface area contributed by atoms with Crippen LogP contribution < -0.4 is 10.1 Å². The summed E-state index contributed by atoms with van der Waals surface area (Å²) in [5.41, 5.74) is 4.06. The Kier molecular flexibility index (Phi) is 6.34. The normalized spacial score (nSPS) is 14.1. The van der Waals surface area contributed by atoms with E-state index in [2.05, 4.69) is 19.2 Å². The number of halogens is 1. The van der Waals surface area contributed by atoms with E-state index in [4.69, 9.17) is 21.3 Å². The molecule has 3 aromatic carbocycles. The Balaban J connectivity index is 1.56. The van der Waals surface area contributed by atoms with Crippen LogP contribution in [0.4, 0.5) is 5.69 Å². The molecule has 3 aromatic rings. The van der Waals surface area contributed by atoms with Gasteiger partial charge in [-0.2, -0.15) is 0 Å². The first kappa shape index (κ1) is 22.7. The third-order valence-electron chi connectivity index (χ3n) is 5.55. The van der Waals surface area contributed by atoms with Crippen LogP contribution in [0.1, 0.15) is 52.1 Å². The number of fused-ring (bicyclic) bond motifs is 1. The van der Waals surface area contributed by atoms with E-state index in [0.717, 1.165) is 29.0 Å². The molecule has 0 aliphatic carbocycles. The minimum Gasteiger partial charge on any atom is -0.497 e. The first-order valence-corrected chi connectivity index (χ1v) is 11.1. The van der Waals surface area contributed by atoms with E-state index in [9.17, 15) is 9.59 Å². The number of aliphatic imine (C=N–C) groups is 1. The molecule has 33 heavy (non-hydrogen) atoms. The number of benzene rings is 3. The maximum Gasteiger partial charge on any atom is 0.255 e. The number of carbonyl (C=O) groups excluding carboxylic acids is 2. The van der Waals surface area contributed by atoms with Crippen LogP contribution in [0.5, 0.6) is 5.75 Å². The lowest BCUT2D eigenvalue weighted by atomic mass is 9.85. The molecular weight excluding hydrogens is 436 g/mol. The fraction of sp³-hybridized carbons (Fsp3) is 0.222. The Morgan fingerprint density at radius 2 is 1.79 bits per heavy atom. The molecule has 0 bridgehead atoms. The number of rotatable bonds is 6. The van der Waals surface area contributed by atoms with Crippen molar-refractivity contribution in [1.82, 2.24) is 0 Å². The smallest absolute Gasteiger partial charge is 0.255 e. The lowest BCUT2D eigenvalue weighted by molar-refractivity contribution is 0.0996. The predicted octanol–water partition coefficient (Wildman–Crippen LogP) is 6.00. The number of anilines is 1. The maximum atomic E-state index is 13.2. The summed E-state index contributed by atoms with van der Waals surface area (Å²) in [6.45, 7) is 4.13. The molecule has 0 unspecified atom stereocenters. The molecule has 1 aliphatic rings. The minimum absolute atomic E-state index is 0.0703. The third-order valence-corrected chi connectivity index (χ3v) is 5.78. The quantitative estimate of drug-likeness (QED) is 0.459. The SMILES string of the molecule is COc1ccc2c(c1)C(CC(=O)c1cccc(NC(=O)c3cccc(Cl)c3)c1)=NC(C)(C)C2. The average Bonchev–Trinajstić information content (AvgIpc) is 2.78. The zero-order valence-electron chi connectivity index (χ0n) is 18.8. The largest absolute Gasteiger partial charge is 0.497 e. The van der Waals surface area contributed by atoms with Crippen LogP contribution in [-0.4, -0.2) is 30.1 Å². The molecule has 0 atom stereocenters. The highest BCUT2D eigenvalue weighted by Crippen LogP contribution is 2.31. The number of hydrogen-bond donors (Lipinski definition) is 1. The summed E-state index contributed by atoms with van der Waals surface area (Å²) in [7, 11) is 1.62. The number of carbonyl (C=O) groups is 2. The predicted molar refractivity (Wildman–Crippen MR) is 132 cm³/mol. The van der Waals surface area contributed by atoms with Crippen LogP contribution in [0, 0.1) is 0 Å². The molecule has 6 heteroatoms. The zero-order chi connectivity index (χ0) is 23.6. The molecule has 0 saturated carbocycles. The van der Waals surface area contributed by atoms with E-state index in [1.165, 1.54) is 0 Å². The Labute approximate surface area is 198 Å². The van der Waals surface area contributed by atoms with Gasteiger partial charge in [-0.3, -0.25) is 14.6 Å². The standard InChI is InChI=1S/C27H25ClN2O3/c1-27(2)16-19-10-11-22(33-3)14-23(19)24(30-27)15-25(31)17-6-5-9-21(13-17)29-26(32)18-7-4-8-20(28)12-18/h4-14H,15-16H2,1-3H3,(H,29,32). The van der Waals surface area contributed by atoms with E-state index < -0.39 is 0 Å². The topological polar surface area (TPSA) is 67.8 Å². The second-order valence-electron chi connectivity index (χ2n) is 8.72. The van der Waals surface area contributed by atoms with Crippen molar-refractivity contribution in [3.8, 4) is 5.75 Å².